The van der Waals surface area contributed by atoms with E-state index in [1.807, 2.05) is 63.2 Å². The molecule has 1 aliphatic rings. The van der Waals surface area contributed by atoms with Crippen LogP contribution < -0.4 is 24.8 Å². The van der Waals surface area contributed by atoms with Crippen LogP contribution in [0.4, 0.5) is 0 Å². The lowest BCUT2D eigenvalue weighted by Gasteiger charge is -2.15. The Bertz CT molecular complexity index is 1020. The number of hydrogen-bond donors (Lipinski definition) is 3. The minimum atomic E-state index is -3.40. The van der Waals surface area contributed by atoms with Gasteiger partial charge < -0.3 is 20.1 Å². The van der Waals surface area contributed by atoms with Crippen LogP contribution in [-0.4, -0.2) is 33.8 Å². The molecule has 0 amide bonds. The molecule has 0 bridgehead atoms. The predicted molar refractivity (Wildman–Crippen MR) is 122 cm³/mol. The Balaban J connectivity index is 1.67. The van der Waals surface area contributed by atoms with Gasteiger partial charge in [-0.25, -0.2) is 18.1 Å². The average Bonchev–Trinajstić information content (AvgIpc) is 3.17. The highest BCUT2D eigenvalue weighted by Gasteiger charge is 2.16. The van der Waals surface area contributed by atoms with E-state index >= 15 is 0 Å². The van der Waals surface area contributed by atoms with Crippen LogP contribution >= 0.6 is 0 Å². The molecule has 1 aliphatic heterocycles. The first-order chi connectivity index (χ1) is 14.9. The summed E-state index contributed by atoms with van der Waals surface area (Å²) in [6.07, 6.45) is 0. The van der Waals surface area contributed by atoms with Gasteiger partial charge in [0.15, 0.2) is 17.5 Å². The molecule has 1 heterocycles. The van der Waals surface area contributed by atoms with Crippen molar-refractivity contribution in [3.8, 4) is 11.5 Å². The lowest BCUT2D eigenvalue weighted by molar-refractivity contribution is 0.174. The van der Waals surface area contributed by atoms with E-state index in [-0.39, 0.29) is 18.6 Å². The molecule has 31 heavy (non-hydrogen) atoms. The Labute approximate surface area is 184 Å². The van der Waals surface area contributed by atoms with E-state index < -0.39 is 10.0 Å². The zero-order valence-corrected chi connectivity index (χ0v) is 19.0. The second-order valence-corrected chi connectivity index (χ2v) is 9.29. The summed E-state index contributed by atoms with van der Waals surface area (Å²) in [5, 5.41) is 6.52. The highest BCUT2D eigenvalue weighted by atomic mass is 32.2. The lowest BCUT2D eigenvalue weighted by Crippen LogP contribution is -2.37. The Morgan fingerprint density at radius 1 is 1.06 bits per heavy atom. The standard InChI is InChI=1S/C22H30N4O4S/c1-4-23-22(24-12-17-9-10-20-21(11-17)30-15-29-20)25-13-18-7-5-6-8-19(18)14-31(27,28)26-16(2)3/h5-11,16,26H,4,12-15H2,1-3H3,(H2,23,24,25). The molecule has 0 saturated carbocycles. The first-order valence-electron chi connectivity index (χ1n) is 10.3. The molecule has 0 fully saturated rings. The third kappa shape index (κ3) is 6.86. The number of nitrogens with zero attached hydrogens (tertiary/aromatic N) is 1. The van der Waals surface area contributed by atoms with Gasteiger partial charge in [0.2, 0.25) is 16.8 Å². The summed E-state index contributed by atoms with van der Waals surface area (Å²) in [5.74, 6) is 2.07. The third-order valence-electron chi connectivity index (χ3n) is 4.53. The monoisotopic (exact) mass is 446 g/mol. The van der Waals surface area contributed by atoms with Gasteiger partial charge in [0.05, 0.1) is 12.3 Å². The van der Waals surface area contributed by atoms with Crippen molar-refractivity contribution in [2.24, 2.45) is 4.99 Å². The van der Waals surface area contributed by atoms with Crippen molar-refractivity contribution in [1.29, 1.82) is 0 Å². The Morgan fingerprint density at radius 2 is 1.81 bits per heavy atom. The minimum absolute atomic E-state index is 0.0616. The van der Waals surface area contributed by atoms with Gasteiger partial charge in [0.25, 0.3) is 0 Å². The van der Waals surface area contributed by atoms with E-state index in [1.165, 1.54) is 0 Å². The fourth-order valence-electron chi connectivity index (χ4n) is 3.21. The summed E-state index contributed by atoms with van der Waals surface area (Å²) in [6.45, 7) is 7.50. The van der Waals surface area contributed by atoms with E-state index in [0.29, 0.717) is 25.6 Å². The normalized spacial score (nSPS) is 13.5. The van der Waals surface area contributed by atoms with Gasteiger partial charge in [-0.15, -0.1) is 0 Å². The van der Waals surface area contributed by atoms with E-state index in [2.05, 4.69) is 20.3 Å². The van der Waals surface area contributed by atoms with Crippen LogP contribution in [0, 0.1) is 0 Å². The molecular formula is C22H30N4O4S. The molecule has 8 nitrogen and oxygen atoms in total. The van der Waals surface area contributed by atoms with Gasteiger partial charge >= 0.3 is 0 Å². The zero-order chi connectivity index (χ0) is 22.3. The van der Waals surface area contributed by atoms with Crippen molar-refractivity contribution < 1.29 is 17.9 Å². The maximum absolute atomic E-state index is 12.4. The van der Waals surface area contributed by atoms with E-state index in [9.17, 15) is 8.42 Å². The molecule has 0 radical (unpaired) electrons. The van der Waals surface area contributed by atoms with Crippen LogP contribution in [0.3, 0.4) is 0 Å². The van der Waals surface area contributed by atoms with Gasteiger partial charge in [-0.3, -0.25) is 0 Å². The Morgan fingerprint density at radius 3 is 2.55 bits per heavy atom. The molecule has 9 heteroatoms. The van der Waals surface area contributed by atoms with Crippen molar-refractivity contribution in [2.45, 2.75) is 45.7 Å². The fourth-order valence-corrected chi connectivity index (χ4v) is 4.70. The minimum Gasteiger partial charge on any atom is -0.454 e. The van der Waals surface area contributed by atoms with Gasteiger partial charge in [-0.05, 0) is 49.6 Å². The third-order valence-corrected chi connectivity index (χ3v) is 6.05. The van der Waals surface area contributed by atoms with Crippen LogP contribution in [0.1, 0.15) is 37.5 Å². The first kappa shape index (κ1) is 22.9. The van der Waals surface area contributed by atoms with Crippen LogP contribution in [-0.2, 0) is 28.9 Å². The quantitative estimate of drug-likeness (QED) is 0.404. The summed E-state index contributed by atoms with van der Waals surface area (Å²) < 4.78 is 38.1. The smallest absolute Gasteiger partial charge is 0.231 e. The van der Waals surface area contributed by atoms with Crippen LogP contribution in [0.15, 0.2) is 47.5 Å². The molecule has 0 unspecified atom stereocenters. The molecule has 2 aromatic carbocycles. The van der Waals surface area contributed by atoms with Crippen molar-refractivity contribution in [2.75, 3.05) is 13.3 Å². The summed E-state index contributed by atoms with van der Waals surface area (Å²) in [4.78, 5) is 4.64. The first-order valence-corrected chi connectivity index (χ1v) is 12.0. The van der Waals surface area contributed by atoms with Gasteiger partial charge in [-0.2, -0.15) is 0 Å². The SMILES string of the molecule is CCNC(=NCc1ccc2c(c1)OCO2)NCc1ccccc1CS(=O)(=O)NC(C)C. The molecule has 0 atom stereocenters. The molecule has 0 spiro atoms. The molecule has 0 saturated heterocycles. The number of hydrogen-bond acceptors (Lipinski definition) is 5. The molecule has 168 valence electrons. The number of rotatable bonds is 9. The van der Waals surface area contributed by atoms with Crippen LogP contribution in [0.25, 0.3) is 0 Å². The number of nitrogens with one attached hydrogen (secondary N) is 3. The fraction of sp³-hybridized carbons (Fsp3) is 0.409. The predicted octanol–water partition coefficient (Wildman–Crippen LogP) is 2.50. The van der Waals surface area contributed by atoms with Crippen molar-refractivity contribution in [1.82, 2.24) is 15.4 Å². The molecule has 3 rings (SSSR count). The number of aliphatic imine (C=N–C) groups is 1. The van der Waals surface area contributed by atoms with Crippen molar-refractivity contribution in [3.63, 3.8) is 0 Å². The van der Waals surface area contributed by atoms with Crippen LogP contribution in [0.2, 0.25) is 0 Å². The van der Waals surface area contributed by atoms with Gasteiger partial charge in [0, 0.05) is 19.1 Å². The summed E-state index contributed by atoms with van der Waals surface area (Å²) >= 11 is 0. The van der Waals surface area contributed by atoms with Crippen LogP contribution in [0.5, 0.6) is 11.5 Å². The molecule has 0 aliphatic carbocycles. The van der Waals surface area contributed by atoms with Crippen molar-refractivity contribution in [3.05, 3.63) is 59.2 Å². The van der Waals surface area contributed by atoms with E-state index in [1.54, 1.807) is 0 Å². The van der Waals surface area contributed by atoms with Gasteiger partial charge in [-0.1, -0.05) is 30.3 Å². The molecule has 3 N–H and O–H groups in total. The molecular weight excluding hydrogens is 416 g/mol. The Kier molecular flexibility index (Phi) is 7.75. The topological polar surface area (TPSA) is 101 Å². The summed E-state index contributed by atoms with van der Waals surface area (Å²) in [6, 6.07) is 13.2. The number of sulfonamides is 1. The van der Waals surface area contributed by atoms with Gasteiger partial charge in [0.1, 0.15) is 0 Å². The maximum atomic E-state index is 12.4. The summed E-state index contributed by atoms with van der Waals surface area (Å²) in [5.41, 5.74) is 2.67. The molecule has 2 aromatic rings. The highest BCUT2D eigenvalue weighted by molar-refractivity contribution is 7.88. The number of ether oxygens (including phenoxy) is 2. The average molecular weight is 447 g/mol. The largest absolute Gasteiger partial charge is 0.454 e. The maximum Gasteiger partial charge on any atom is 0.231 e. The van der Waals surface area contributed by atoms with Crippen molar-refractivity contribution >= 4 is 16.0 Å². The molecule has 0 aromatic heterocycles. The number of fused-ring (bicyclic) bond motifs is 1. The van der Waals surface area contributed by atoms with E-state index in [4.69, 9.17) is 9.47 Å². The highest BCUT2D eigenvalue weighted by Crippen LogP contribution is 2.32. The van der Waals surface area contributed by atoms with E-state index in [0.717, 1.165) is 28.2 Å². The number of benzene rings is 2. The summed E-state index contributed by atoms with van der Waals surface area (Å²) in [7, 11) is -3.40. The zero-order valence-electron chi connectivity index (χ0n) is 18.1. The lowest BCUT2D eigenvalue weighted by atomic mass is 10.1. The second-order valence-electron chi connectivity index (χ2n) is 7.54. The second kappa shape index (κ2) is 10.5. The number of guanidine groups is 1. The Hall–Kier alpha value is -2.78.